The monoisotopic (exact) mass is 683 g/mol. The fourth-order valence-electron chi connectivity index (χ4n) is 5.83. The van der Waals surface area contributed by atoms with Crippen molar-refractivity contribution in [3.8, 4) is 0 Å². The van der Waals surface area contributed by atoms with Crippen LogP contribution >= 0.6 is 0 Å². The number of benzene rings is 1. The van der Waals surface area contributed by atoms with Gasteiger partial charge in [0, 0.05) is 11.6 Å². The fraction of sp³-hybridized carbons (Fsp3) is 0.622. The van der Waals surface area contributed by atoms with Gasteiger partial charge in [0.2, 0.25) is 23.6 Å². The van der Waals surface area contributed by atoms with E-state index in [1.54, 1.807) is 31.2 Å². The van der Waals surface area contributed by atoms with E-state index in [1.165, 1.54) is 13.2 Å². The molecule has 0 radical (unpaired) electrons. The third-order valence-corrected chi connectivity index (χ3v) is 8.11. The highest BCUT2D eigenvalue weighted by Crippen LogP contribution is 2.27. The highest BCUT2D eigenvalue weighted by Gasteiger charge is 2.33. The molecule has 12 nitrogen and oxygen atoms in total. The smallest absolute Gasteiger partial charge is 0.328 e. The molecule has 2 rings (SSSR count). The molecule has 0 aliphatic carbocycles. The lowest BCUT2D eigenvalue weighted by molar-refractivity contribution is -0.146. The number of hydrogen-bond acceptors (Lipinski definition) is 7. The van der Waals surface area contributed by atoms with E-state index in [0.29, 0.717) is 36.0 Å². The van der Waals surface area contributed by atoms with Crippen LogP contribution in [0.1, 0.15) is 104 Å². The zero-order valence-corrected chi connectivity index (χ0v) is 30.8. The lowest BCUT2D eigenvalue weighted by Gasteiger charge is -2.28. The summed E-state index contributed by atoms with van der Waals surface area (Å²) < 4.78 is 4.89. The summed E-state index contributed by atoms with van der Waals surface area (Å²) in [5.74, 6) is -2.71. The lowest BCUT2D eigenvalue weighted by atomic mass is 9.90. The van der Waals surface area contributed by atoms with Crippen molar-refractivity contribution in [2.75, 3.05) is 7.11 Å². The van der Waals surface area contributed by atoms with Crippen molar-refractivity contribution in [1.29, 1.82) is 0 Å². The van der Waals surface area contributed by atoms with Crippen molar-refractivity contribution in [2.45, 2.75) is 118 Å². The molecule has 1 aliphatic rings. The summed E-state index contributed by atoms with van der Waals surface area (Å²) in [6, 6.07) is 2.82. The first-order valence-electron chi connectivity index (χ1n) is 17.3. The lowest BCUT2D eigenvalue weighted by Crippen LogP contribution is -2.58. The molecule has 0 saturated heterocycles. The third kappa shape index (κ3) is 13.0. The van der Waals surface area contributed by atoms with E-state index in [1.807, 2.05) is 55.4 Å². The van der Waals surface area contributed by atoms with Gasteiger partial charge in [0.15, 0.2) is 0 Å². The number of carbonyl (C=O) groups is 6. The molecule has 5 amide bonds. The number of amides is 5. The van der Waals surface area contributed by atoms with Gasteiger partial charge in [-0.25, -0.2) is 4.79 Å². The van der Waals surface area contributed by atoms with Crippen molar-refractivity contribution < 1.29 is 33.5 Å². The average Bonchev–Trinajstić information content (AvgIpc) is 3.00. The zero-order valence-electron chi connectivity index (χ0n) is 30.8. The third-order valence-electron chi connectivity index (χ3n) is 8.11. The van der Waals surface area contributed by atoms with Crippen LogP contribution in [0, 0.1) is 23.7 Å². The minimum atomic E-state index is -0.993. The molecule has 1 aromatic rings. The van der Waals surface area contributed by atoms with E-state index >= 15 is 0 Å². The standard InChI is InChI=1S/C37H57N5O7/c1-20(2)15-28(39-32(43)19-27-24(9)38-33(44)26-14-12-11-13-25(26)27)34(45)40-29(16-21(3)4)35(46)41-30(17-22(5)6)36(47)42-31(18-23(7)8)37(48)49-10/h11-14,19-24,28-31H,15-18H2,1-10H3,(H,38,44)(H,39,43)(H,40,45)(H,41,46)(H,42,47)/b27-19+/t24-,28+,29-,30+,31-/m0/s1. The largest absolute Gasteiger partial charge is 0.467 e. The molecule has 12 heteroatoms. The van der Waals surface area contributed by atoms with E-state index in [9.17, 15) is 28.8 Å². The molecule has 0 spiro atoms. The van der Waals surface area contributed by atoms with Crippen LogP contribution in [0.15, 0.2) is 30.3 Å². The van der Waals surface area contributed by atoms with Gasteiger partial charge in [0.1, 0.15) is 24.2 Å². The van der Waals surface area contributed by atoms with Crippen molar-refractivity contribution >= 4 is 41.1 Å². The van der Waals surface area contributed by atoms with Gasteiger partial charge in [-0.1, -0.05) is 73.6 Å². The molecule has 0 unspecified atom stereocenters. The Morgan fingerprint density at radius 1 is 0.673 bits per heavy atom. The van der Waals surface area contributed by atoms with E-state index < -0.39 is 59.8 Å². The van der Waals surface area contributed by atoms with Crippen molar-refractivity contribution in [3.63, 3.8) is 0 Å². The van der Waals surface area contributed by atoms with Gasteiger partial charge in [0.05, 0.1) is 13.2 Å². The summed E-state index contributed by atoms with van der Waals surface area (Å²) in [5, 5.41) is 14.1. The predicted octanol–water partition coefficient (Wildman–Crippen LogP) is 3.50. The first kappa shape index (κ1) is 41.0. The maximum atomic E-state index is 13.7. The maximum absolute atomic E-state index is 13.7. The molecule has 5 N–H and O–H groups in total. The predicted molar refractivity (Wildman–Crippen MR) is 189 cm³/mol. The van der Waals surface area contributed by atoms with Crippen LogP contribution < -0.4 is 26.6 Å². The molecule has 0 saturated carbocycles. The number of nitrogens with one attached hydrogen (secondary N) is 5. The number of ether oxygens (including phenoxy) is 1. The van der Waals surface area contributed by atoms with Crippen LogP contribution in [-0.2, 0) is 28.7 Å². The zero-order chi connectivity index (χ0) is 37.0. The second-order valence-electron chi connectivity index (χ2n) is 14.6. The first-order valence-corrected chi connectivity index (χ1v) is 17.3. The Balaban J connectivity index is 2.29. The van der Waals surface area contributed by atoms with Crippen LogP contribution in [0.25, 0.3) is 5.57 Å². The summed E-state index contributed by atoms with van der Waals surface area (Å²) in [6.07, 6.45) is 2.66. The topological polar surface area (TPSA) is 172 Å². The Hall–Kier alpha value is -4.22. The Kier molecular flexibility index (Phi) is 16.0. The van der Waals surface area contributed by atoms with Gasteiger partial charge in [-0.15, -0.1) is 0 Å². The van der Waals surface area contributed by atoms with Crippen LogP contribution in [-0.4, -0.2) is 72.8 Å². The second kappa shape index (κ2) is 19.1. The van der Waals surface area contributed by atoms with E-state index in [4.69, 9.17) is 4.74 Å². The van der Waals surface area contributed by atoms with Gasteiger partial charge in [0.25, 0.3) is 5.91 Å². The molecule has 0 aromatic heterocycles. The second-order valence-corrected chi connectivity index (χ2v) is 14.6. The SMILES string of the molecule is COC(=O)[C@H](CC(C)C)NC(=O)[C@@H](CC(C)C)NC(=O)[C@H](CC(C)C)NC(=O)[C@@H](CC(C)C)NC(=O)/C=C1/c2ccccc2C(=O)N[C@H]1C. The van der Waals surface area contributed by atoms with Gasteiger partial charge < -0.3 is 31.3 Å². The average molecular weight is 684 g/mol. The molecule has 1 heterocycles. The van der Waals surface area contributed by atoms with Crippen LogP contribution in [0.5, 0.6) is 0 Å². The normalized spacial score (nSPS) is 17.6. The quantitative estimate of drug-likeness (QED) is 0.124. The number of fused-ring (bicyclic) bond motifs is 1. The molecule has 1 aliphatic heterocycles. The summed E-state index contributed by atoms with van der Waals surface area (Å²) in [6.45, 7) is 17.2. The number of methoxy groups -OCH3 is 1. The molecule has 1 aromatic carbocycles. The van der Waals surface area contributed by atoms with Crippen LogP contribution in [0.2, 0.25) is 0 Å². The Bertz CT molecular complexity index is 1370. The van der Waals surface area contributed by atoms with Crippen LogP contribution in [0.4, 0.5) is 0 Å². The first-order chi connectivity index (χ1) is 22.9. The highest BCUT2D eigenvalue weighted by molar-refractivity contribution is 6.07. The Morgan fingerprint density at radius 2 is 1.06 bits per heavy atom. The molecule has 49 heavy (non-hydrogen) atoms. The van der Waals surface area contributed by atoms with Crippen molar-refractivity contribution in [1.82, 2.24) is 26.6 Å². The number of esters is 1. The number of hydrogen-bond donors (Lipinski definition) is 5. The van der Waals surface area contributed by atoms with Gasteiger partial charge >= 0.3 is 5.97 Å². The van der Waals surface area contributed by atoms with E-state index in [2.05, 4.69) is 26.6 Å². The van der Waals surface area contributed by atoms with Crippen LogP contribution in [0.3, 0.4) is 0 Å². The van der Waals surface area contributed by atoms with Crippen molar-refractivity contribution in [3.05, 3.63) is 41.5 Å². The van der Waals surface area contributed by atoms with Gasteiger partial charge in [-0.3, -0.25) is 24.0 Å². The molecule has 0 bridgehead atoms. The maximum Gasteiger partial charge on any atom is 0.328 e. The molecule has 0 fully saturated rings. The van der Waals surface area contributed by atoms with E-state index in [-0.39, 0.29) is 36.0 Å². The summed E-state index contributed by atoms with van der Waals surface area (Å²) in [7, 11) is 1.26. The fourth-order valence-corrected chi connectivity index (χ4v) is 5.83. The van der Waals surface area contributed by atoms with Crippen molar-refractivity contribution in [2.24, 2.45) is 23.7 Å². The Labute approximate surface area is 291 Å². The van der Waals surface area contributed by atoms with Gasteiger partial charge in [-0.2, -0.15) is 0 Å². The summed E-state index contributed by atoms with van der Waals surface area (Å²) >= 11 is 0. The molecular formula is C37H57N5O7. The highest BCUT2D eigenvalue weighted by atomic mass is 16.5. The summed E-state index contributed by atoms with van der Waals surface area (Å²) in [5.41, 5.74) is 1.73. The summed E-state index contributed by atoms with van der Waals surface area (Å²) in [4.78, 5) is 79.1. The molecular weight excluding hydrogens is 626 g/mol. The van der Waals surface area contributed by atoms with Gasteiger partial charge in [-0.05, 0) is 73.5 Å². The molecule has 5 atom stereocenters. The molecule has 272 valence electrons. The van der Waals surface area contributed by atoms with E-state index in [0.717, 1.165) is 0 Å². The Morgan fingerprint density at radius 3 is 1.49 bits per heavy atom. The number of carbonyl (C=O) groups excluding carboxylic acids is 6. The minimum Gasteiger partial charge on any atom is -0.467 e. The number of rotatable bonds is 17. The minimum absolute atomic E-state index is 0.00844.